The van der Waals surface area contributed by atoms with Crippen LogP contribution in [0.5, 0.6) is 0 Å². The highest BCUT2D eigenvalue weighted by molar-refractivity contribution is 5.99. The van der Waals surface area contributed by atoms with E-state index in [9.17, 15) is 22.8 Å². The molecule has 0 radical (unpaired) electrons. The van der Waals surface area contributed by atoms with Crippen molar-refractivity contribution in [3.8, 4) is 0 Å². The lowest BCUT2D eigenvalue weighted by molar-refractivity contribution is -0.161. The maximum atomic E-state index is 12.4. The number of piperazine rings is 1. The molecule has 1 aliphatic heterocycles. The third kappa shape index (κ3) is 2.69. The fourth-order valence-electron chi connectivity index (χ4n) is 2.85. The number of carbonyl (C=O) groups excluding carboxylic acids is 2. The number of hydrogen-bond acceptors (Lipinski definition) is 2. The topological polar surface area (TPSA) is 49.4 Å². The van der Waals surface area contributed by atoms with Gasteiger partial charge in [0.15, 0.2) is 0 Å². The van der Waals surface area contributed by atoms with Gasteiger partial charge in [-0.2, -0.15) is 13.2 Å². The van der Waals surface area contributed by atoms with E-state index in [4.69, 9.17) is 0 Å². The minimum Gasteiger partial charge on any atom is -0.340 e. The molecule has 1 aliphatic carbocycles. The molecule has 2 rings (SSSR count). The van der Waals surface area contributed by atoms with Crippen LogP contribution in [0.4, 0.5) is 13.2 Å². The van der Waals surface area contributed by atoms with Crippen LogP contribution in [0, 0.1) is 0 Å². The average Bonchev–Trinajstić information content (AvgIpc) is 2.75. The van der Waals surface area contributed by atoms with Crippen molar-refractivity contribution >= 4 is 11.8 Å². The summed E-state index contributed by atoms with van der Waals surface area (Å²) in [7, 11) is 0. The highest BCUT2D eigenvalue weighted by Crippen LogP contribution is 2.35. The molecule has 2 fully saturated rings. The maximum absolute atomic E-state index is 12.4. The second-order valence-electron chi connectivity index (χ2n) is 5.32. The summed E-state index contributed by atoms with van der Waals surface area (Å²) in [6.45, 7) is 1.02. The van der Waals surface area contributed by atoms with Gasteiger partial charge in [-0.05, 0) is 19.8 Å². The molecule has 0 aromatic heterocycles. The molecule has 0 aromatic rings. The lowest BCUT2D eigenvalue weighted by atomic mass is 9.91. The number of nitrogens with zero attached hydrogens (tertiary/aromatic N) is 1. The van der Waals surface area contributed by atoms with E-state index in [0.717, 1.165) is 17.7 Å². The van der Waals surface area contributed by atoms with E-state index in [1.165, 1.54) is 6.92 Å². The Balaban J connectivity index is 2.15. The molecular weight excluding hydrogens is 261 g/mol. The number of alkyl halides is 3. The van der Waals surface area contributed by atoms with E-state index < -0.39 is 30.7 Å². The van der Waals surface area contributed by atoms with Gasteiger partial charge in [0.05, 0.1) is 6.42 Å². The van der Waals surface area contributed by atoms with Gasteiger partial charge in [0.2, 0.25) is 11.8 Å². The van der Waals surface area contributed by atoms with Gasteiger partial charge >= 0.3 is 6.18 Å². The number of hydrogen-bond donors (Lipinski definition) is 1. The van der Waals surface area contributed by atoms with E-state index in [1.54, 1.807) is 0 Å². The van der Waals surface area contributed by atoms with Crippen LogP contribution in [-0.4, -0.2) is 41.0 Å². The molecular formula is C12H17F3N2O2. The largest absolute Gasteiger partial charge is 0.390 e. The second kappa shape index (κ2) is 4.68. The Labute approximate surface area is 109 Å². The quantitative estimate of drug-likeness (QED) is 0.834. The number of amides is 2. The Morgan fingerprint density at radius 2 is 1.89 bits per heavy atom. The minimum atomic E-state index is -4.32. The Morgan fingerprint density at radius 1 is 1.32 bits per heavy atom. The number of halogens is 3. The van der Waals surface area contributed by atoms with Crippen molar-refractivity contribution in [2.45, 2.75) is 56.8 Å². The molecule has 1 saturated carbocycles. The van der Waals surface area contributed by atoms with Crippen LogP contribution >= 0.6 is 0 Å². The summed E-state index contributed by atoms with van der Waals surface area (Å²) in [5, 5.41) is 2.71. The Bertz CT molecular complexity index is 389. The summed E-state index contributed by atoms with van der Waals surface area (Å²) >= 11 is 0. The average molecular weight is 278 g/mol. The number of carbonyl (C=O) groups is 2. The molecule has 0 aromatic carbocycles. The molecule has 7 heteroatoms. The van der Waals surface area contributed by atoms with E-state index in [-0.39, 0.29) is 11.8 Å². The minimum absolute atomic E-state index is 0.358. The van der Waals surface area contributed by atoms with Gasteiger partial charge in [-0.15, -0.1) is 0 Å². The van der Waals surface area contributed by atoms with Gasteiger partial charge in [-0.1, -0.05) is 12.8 Å². The van der Waals surface area contributed by atoms with Crippen molar-refractivity contribution in [3.63, 3.8) is 0 Å². The zero-order valence-electron chi connectivity index (χ0n) is 10.7. The monoisotopic (exact) mass is 278 g/mol. The summed E-state index contributed by atoms with van der Waals surface area (Å²) in [4.78, 5) is 25.3. The normalized spacial score (nSPS) is 26.9. The van der Waals surface area contributed by atoms with Gasteiger partial charge in [0, 0.05) is 6.54 Å². The first-order chi connectivity index (χ1) is 8.75. The summed E-state index contributed by atoms with van der Waals surface area (Å²) in [5.74, 6) is -0.718. The van der Waals surface area contributed by atoms with Crippen LogP contribution in [0.2, 0.25) is 0 Å². The van der Waals surface area contributed by atoms with Crippen LogP contribution in [-0.2, 0) is 9.59 Å². The van der Waals surface area contributed by atoms with Crippen molar-refractivity contribution in [2.24, 2.45) is 0 Å². The molecule has 1 spiro atoms. The zero-order valence-corrected chi connectivity index (χ0v) is 10.7. The summed E-state index contributed by atoms with van der Waals surface area (Å²) in [5.41, 5.74) is -0.949. The highest BCUT2D eigenvalue weighted by atomic mass is 19.4. The molecule has 1 unspecified atom stereocenters. The van der Waals surface area contributed by atoms with Crippen LogP contribution in [0.15, 0.2) is 0 Å². The molecule has 1 N–H and O–H groups in total. The third-order valence-corrected chi connectivity index (χ3v) is 3.97. The van der Waals surface area contributed by atoms with Gasteiger partial charge < -0.3 is 10.2 Å². The molecule has 108 valence electrons. The van der Waals surface area contributed by atoms with Gasteiger partial charge in [-0.25, -0.2) is 0 Å². The second-order valence-corrected chi connectivity index (χ2v) is 5.32. The SMILES string of the molecule is CC1C(=O)NC2(CCCC2)C(=O)N1CCC(F)(F)F. The van der Waals surface area contributed by atoms with Crippen LogP contribution in [0.25, 0.3) is 0 Å². The fraction of sp³-hybridized carbons (Fsp3) is 0.833. The molecule has 0 bridgehead atoms. The Morgan fingerprint density at radius 3 is 2.42 bits per heavy atom. The van der Waals surface area contributed by atoms with Crippen molar-refractivity contribution in [2.75, 3.05) is 6.54 Å². The van der Waals surface area contributed by atoms with Gasteiger partial charge in [0.25, 0.3) is 0 Å². The standard InChI is InChI=1S/C12H17F3N2O2/c1-8-9(18)16-11(4-2-3-5-11)10(19)17(8)7-6-12(13,14)15/h8H,2-7H2,1H3,(H,16,18). The molecule has 1 atom stereocenters. The van der Waals surface area contributed by atoms with Gasteiger partial charge in [0.1, 0.15) is 11.6 Å². The summed E-state index contributed by atoms with van der Waals surface area (Å²) in [6.07, 6.45) is -2.73. The van der Waals surface area contributed by atoms with Crippen LogP contribution in [0.1, 0.15) is 39.0 Å². The molecule has 4 nitrogen and oxygen atoms in total. The van der Waals surface area contributed by atoms with Crippen molar-refractivity contribution in [1.29, 1.82) is 0 Å². The highest BCUT2D eigenvalue weighted by Gasteiger charge is 2.51. The Hall–Kier alpha value is -1.27. The van der Waals surface area contributed by atoms with Crippen molar-refractivity contribution in [3.05, 3.63) is 0 Å². The summed E-state index contributed by atoms with van der Waals surface area (Å²) in [6, 6.07) is -0.832. The molecule has 2 aliphatic rings. The molecule has 1 saturated heterocycles. The zero-order chi connectivity index (χ0) is 14.3. The molecule has 1 heterocycles. The van der Waals surface area contributed by atoms with E-state index in [2.05, 4.69) is 5.32 Å². The maximum Gasteiger partial charge on any atom is 0.390 e. The molecule has 19 heavy (non-hydrogen) atoms. The predicted molar refractivity (Wildman–Crippen MR) is 61.2 cm³/mol. The predicted octanol–water partition coefficient (Wildman–Crippen LogP) is 1.60. The van der Waals surface area contributed by atoms with Crippen LogP contribution < -0.4 is 5.32 Å². The first kappa shape index (κ1) is 14.1. The van der Waals surface area contributed by atoms with E-state index in [0.29, 0.717) is 12.8 Å². The lowest BCUT2D eigenvalue weighted by Crippen LogP contribution is -2.69. The third-order valence-electron chi connectivity index (χ3n) is 3.97. The van der Waals surface area contributed by atoms with Crippen molar-refractivity contribution in [1.82, 2.24) is 10.2 Å². The van der Waals surface area contributed by atoms with Crippen molar-refractivity contribution < 1.29 is 22.8 Å². The van der Waals surface area contributed by atoms with E-state index in [1.807, 2.05) is 0 Å². The smallest absolute Gasteiger partial charge is 0.340 e. The first-order valence-corrected chi connectivity index (χ1v) is 6.45. The first-order valence-electron chi connectivity index (χ1n) is 6.45. The number of nitrogens with one attached hydrogen (secondary N) is 1. The van der Waals surface area contributed by atoms with Gasteiger partial charge in [-0.3, -0.25) is 9.59 Å². The van der Waals surface area contributed by atoms with E-state index >= 15 is 0 Å². The number of rotatable bonds is 2. The Kier molecular flexibility index (Phi) is 3.49. The lowest BCUT2D eigenvalue weighted by Gasteiger charge is -2.43. The van der Waals surface area contributed by atoms with Crippen LogP contribution in [0.3, 0.4) is 0 Å². The molecule has 2 amide bonds. The summed E-state index contributed by atoms with van der Waals surface area (Å²) < 4.78 is 36.9. The fourth-order valence-corrected chi connectivity index (χ4v) is 2.85.